The molecule has 0 unspecified atom stereocenters. The molecule has 0 radical (unpaired) electrons. The van der Waals surface area contributed by atoms with Crippen LogP contribution in [0.2, 0.25) is 0 Å². The minimum atomic E-state index is -0.0203. The molecule has 2 heterocycles. The van der Waals surface area contributed by atoms with E-state index in [0.29, 0.717) is 23.7 Å². The Morgan fingerprint density at radius 1 is 1.10 bits per heavy atom. The Labute approximate surface area is 170 Å². The summed E-state index contributed by atoms with van der Waals surface area (Å²) in [5, 5.41) is 4.06. The van der Waals surface area contributed by atoms with Crippen molar-refractivity contribution < 1.29 is 0 Å². The van der Waals surface area contributed by atoms with Crippen LogP contribution < -0.4 is 10.9 Å². The molecule has 5 heteroatoms. The summed E-state index contributed by atoms with van der Waals surface area (Å²) >= 11 is 0. The van der Waals surface area contributed by atoms with Crippen LogP contribution in [0.4, 0.5) is 5.95 Å². The minimum Gasteiger partial charge on any atom is -0.354 e. The van der Waals surface area contributed by atoms with Gasteiger partial charge in [-0.05, 0) is 56.4 Å². The lowest BCUT2D eigenvalue weighted by atomic mass is 9.95. The van der Waals surface area contributed by atoms with Gasteiger partial charge in [-0.25, -0.2) is 4.98 Å². The van der Waals surface area contributed by atoms with Crippen LogP contribution in [-0.2, 0) is 6.54 Å². The average Bonchev–Trinajstić information content (AvgIpc) is 2.75. The normalized spacial score (nSPS) is 13.6. The van der Waals surface area contributed by atoms with Crippen molar-refractivity contribution in [3.63, 3.8) is 0 Å². The SMILES string of the molecule is CCNc1nc(C)c2cc(-c3ccc(C4=CC=CCC4)cc3)c(=O)n(CC)c2n1. The molecule has 0 aliphatic heterocycles. The van der Waals surface area contributed by atoms with E-state index in [-0.39, 0.29) is 5.56 Å². The average molecular weight is 386 g/mol. The molecule has 1 aliphatic rings. The van der Waals surface area contributed by atoms with E-state index >= 15 is 0 Å². The lowest BCUT2D eigenvalue weighted by molar-refractivity contribution is 0.749. The van der Waals surface area contributed by atoms with Crippen molar-refractivity contribution in [2.24, 2.45) is 0 Å². The Hall–Kier alpha value is -3.21. The van der Waals surface area contributed by atoms with Crippen molar-refractivity contribution in [2.45, 2.75) is 40.2 Å². The van der Waals surface area contributed by atoms with E-state index in [1.54, 1.807) is 4.57 Å². The van der Waals surface area contributed by atoms with Gasteiger partial charge in [-0.3, -0.25) is 9.36 Å². The van der Waals surface area contributed by atoms with Gasteiger partial charge in [0, 0.05) is 24.0 Å². The number of allylic oxidation sites excluding steroid dienone is 4. The number of aryl methyl sites for hydroxylation is 2. The van der Waals surface area contributed by atoms with Crippen molar-refractivity contribution in [3.8, 4) is 11.1 Å². The third-order valence-electron chi connectivity index (χ3n) is 5.37. The van der Waals surface area contributed by atoms with E-state index in [4.69, 9.17) is 0 Å². The van der Waals surface area contributed by atoms with E-state index < -0.39 is 0 Å². The number of hydrogen-bond acceptors (Lipinski definition) is 4. The topological polar surface area (TPSA) is 59.8 Å². The molecule has 1 aliphatic carbocycles. The van der Waals surface area contributed by atoms with Crippen molar-refractivity contribution in [2.75, 3.05) is 11.9 Å². The first-order valence-electron chi connectivity index (χ1n) is 10.2. The van der Waals surface area contributed by atoms with Gasteiger partial charge in [-0.2, -0.15) is 4.98 Å². The first-order valence-corrected chi connectivity index (χ1v) is 10.2. The van der Waals surface area contributed by atoms with Gasteiger partial charge in [0.25, 0.3) is 5.56 Å². The lowest BCUT2D eigenvalue weighted by Gasteiger charge is -2.14. The molecule has 1 aromatic carbocycles. The van der Waals surface area contributed by atoms with Crippen molar-refractivity contribution in [1.82, 2.24) is 14.5 Å². The number of benzene rings is 1. The van der Waals surface area contributed by atoms with Gasteiger partial charge >= 0.3 is 0 Å². The van der Waals surface area contributed by atoms with Crippen LogP contribution >= 0.6 is 0 Å². The van der Waals surface area contributed by atoms with Crippen LogP contribution in [0, 0.1) is 6.92 Å². The molecular weight excluding hydrogens is 360 g/mol. The van der Waals surface area contributed by atoms with Crippen LogP contribution in [0.1, 0.15) is 37.9 Å². The molecule has 2 aromatic heterocycles. The highest BCUT2D eigenvalue weighted by Gasteiger charge is 2.15. The summed E-state index contributed by atoms with van der Waals surface area (Å²) in [6.45, 7) is 7.23. The first-order chi connectivity index (χ1) is 14.1. The third-order valence-corrected chi connectivity index (χ3v) is 5.37. The minimum absolute atomic E-state index is 0.0203. The van der Waals surface area contributed by atoms with E-state index in [1.165, 1.54) is 11.1 Å². The zero-order valence-electron chi connectivity index (χ0n) is 17.2. The predicted octanol–water partition coefficient (Wildman–Crippen LogP) is 4.95. The molecule has 3 aromatic rings. The molecular formula is C24H26N4O. The second-order valence-electron chi connectivity index (χ2n) is 7.24. The molecule has 0 fully saturated rings. The summed E-state index contributed by atoms with van der Waals surface area (Å²) in [5.74, 6) is 0.561. The van der Waals surface area contributed by atoms with Crippen molar-refractivity contribution in [1.29, 1.82) is 0 Å². The number of pyridine rings is 1. The molecule has 5 nitrogen and oxygen atoms in total. The monoisotopic (exact) mass is 386 g/mol. The first kappa shape index (κ1) is 19.1. The largest absolute Gasteiger partial charge is 0.354 e. The number of anilines is 1. The zero-order chi connectivity index (χ0) is 20.4. The number of nitrogens with one attached hydrogen (secondary N) is 1. The zero-order valence-corrected chi connectivity index (χ0v) is 17.2. The van der Waals surface area contributed by atoms with E-state index in [2.05, 4.69) is 45.6 Å². The van der Waals surface area contributed by atoms with E-state index in [0.717, 1.165) is 36.0 Å². The summed E-state index contributed by atoms with van der Waals surface area (Å²) in [6, 6.07) is 10.2. The maximum Gasteiger partial charge on any atom is 0.260 e. The van der Waals surface area contributed by atoms with Crippen LogP contribution in [-0.4, -0.2) is 21.1 Å². The van der Waals surface area contributed by atoms with Gasteiger partial charge < -0.3 is 5.32 Å². The third kappa shape index (κ3) is 3.60. The molecule has 0 saturated carbocycles. The fraction of sp³-hybridized carbons (Fsp3) is 0.292. The highest BCUT2D eigenvalue weighted by Crippen LogP contribution is 2.27. The van der Waals surface area contributed by atoms with Gasteiger partial charge in [0.05, 0.1) is 5.69 Å². The Morgan fingerprint density at radius 2 is 1.86 bits per heavy atom. The van der Waals surface area contributed by atoms with Crippen LogP contribution in [0.3, 0.4) is 0 Å². The Morgan fingerprint density at radius 3 is 2.52 bits per heavy atom. The Balaban J connectivity index is 1.83. The Kier molecular flexibility index (Phi) is 5.30. The second kappa shape index (κ2) is 8.03. The second-order valence-corrected chi connectivity index (χ2v) is 7.24. The maximum absolute atomic E-state index is 13.2. The molecule has 0 spiro atoms. The molecule has 1 N–H and O–H groups in total. The summed E-state index contributed by atoms with van der Waals surface area (Å²) < 4.78 is 1.74. The maximum atomic E-state index is 13.2. The quantitative estimate of drug-likeness (QED) is 0.674. The summed E-state index contributed by atoms with van der Waals surface area (Å²) in [6.07, 6.45) is 8.60. The smallest absolute Gasteiger partial charge is 0.260 e. The number of aromatic nitrogens is 3. The summed E-state index contributed by atoms with van der Waals surface area (Å²) in [5.41, 5.74) is 5.68. The molecule has 0 amide bonds. The fourth-order valence-corrected chi connectivity index (χ4v) is 3.83. The molecule has 0 atom stereocenters. The predicted molar refractivity (Wildman–Crippen MR) is 120 cm³/mol. The fourth-order valence-electron chi connectivity index (χ4n) is 3.83. The number of rotatable bonds is 5. The van der Waals surface area contributed by atoms with Gasteiger partial charge in [-0.1, -0.05) is 42.5 Å². The standard InChI is InChI=1S/C24H26N4O/c1-4-25-24-26-16(3)20-15-21(23(29)28(5-2)22(20)27-24)19-13-11-18(12-14-19)17-9-7-6-8-10-17/h6-7,9,11-15H,4-5,8,10H2,1-3H3,(H,25,26,27). The van der Waals surface area contributed by atoms with Gasteiger partial charge in [0.2, 0.25) is 5.95 Å². The number of fused-ring (bicyclic) bond motifs is 1. The number of hydrogen-bond donors (Lipinski definition) is 1. The van der Waals surface area contributed by atoms with Crippen LogP contribution in [0.25, 0.3) is 27.7 Å². The van der Waals surface area contributed by atoms with Crippen LogP contribution in [0.5, 0.6) is 0 Å². The van der Waals surface area contributed by atoms with Gasteiger partial charge in [0.15, 0.2) is 0 Å². The van der Waals surface area contributed by atoms with Gasteiger partial charge in [0.1, 0.15) is 5.65 Å². The molecule has 0 saturated heterocycles. The van der Waals surface area contributed by atoms with Crippen molar-refractivity contribution in [3.05, 3.63) is 70.2 Å². The Bertz CT molecular complexity index is 1170. The highest BCUT2D eigenvalue weighted by molar-refractivity contribution is 5.84. The summed E-state index contributed by atoms with van der Waals surface area (Å²) in [7, 11) is 0. The van der Waals surface area contributed by atoms with E-state index in [1.807, 2.05) is 39.0 Å². The molecule has 148 valence electrons. The van der Waals surface area contributed by atoms with Crippen LogP contribution in [0.15, 0.2) is 53.4 Å². The number of nitrogens with zero attached hydrogens (tertiary/aromatic N) is 3. The molecule has 4 rings (SSSR count). The molecule has 29 heavy (non-hydrogen) atoms. The van der Waals surface area contributed by atoms with Crippen molar-refractivity contribution >= 4 is 22.6 Å². The van der Waals surface area contributed by atoms with Gasteiger partial charge in [-0.15, -0.1) is 0 Å². The highest BCUT2D eigenvalue weighted by atomic mass is 16.1. The lowest BCUT2D eigenvalue weighted by Crippen LogP contribution is -2.23. The van der Waals surface area contributed by atoms with E-state index in [9.17, 15) is 4.79 Å². The molecule has 0 bridgehead atoms. The summed E-state index contributed by atoms with van der Waals surface area (Å²) in [4.78, 5) is 22.4.